The Hall–Kier alpha value is -3.41. The van der Waals surface area contributed by atoms with Crippen molar-refractivity contribution in [2.45, 2.75) is 13.8 Å². The molecule has 6 heteroatoms. The lowest BCUT2D eigenvalue weighted by atomic mass is 10.1. The highest BCUT2D eigenvalue weighted by molar-refractivity contribution is 6.01. The highest BCUT2D eigenvalue weighted by Crippen LogP contribution is 2.26. The lowest BCUT2D eigenvalue weighted by Gasteiger charge is -2.08. The summed E-state index contributed by atoms with van der Waals surface area (Å²) in [6.07, 6.45) is 0. The van der Waals surface area contributed by atoms with E-state index in [1.165, 1.54) is 0 Å². The van der Waals surface area contributed by atoms with Gasteiger partial charge in [0.25, 0.3) is 0 Å². The summed E-state index contributed by atoms with van der Waals surface area (Å²) in [5, 5.41) is 24.1. The van der Waals surface area contributed by atoms with Crippen LogP contribution in [0, 0.1) is 6.92 Å². The Morgan fingerprint density at radius 1 is 0.960 bits per heavy atom. The van der Waals surface area contributed by atoms with Gasteiger partial charge < -0.3 is 10.2 Å². The van der Waals surface area contributed by atoms with Crippen LogP contribution in [0.2, 0.25) is 0 Å². The molecule has 126 valence electrons. The molecule has 3 aromatic rings. The molecule has 0 aliphatic heterocycles. The van der Waals surface area contributed by atoms with Crippen molar-refractivity contribution in [1.29, 1.82) is 0 Å². The van der Waals surface area contributed by atoms with E-state index in [9.17, 15) is 10.2 Å². The van der Waals surface area contributed by atoms with Crippen molar-refractivity contribution in [3.63, 3.8) is 0 Å². The second kappa shape index (κ2) is 7.00. The molecule has 2 aromatic carbocycles. The first kappa shape index (κ1) is 16.4. The first-order chi connectivity index (χ1) is 12.0. The number of phenolic OH excluding ortho intramolecular Hbond substituents is 2. The van der Waals surface area contributed by atoms with Crippen LogP contribution in [-0.4, -0.2) is 25.9 Å². The summed E-state index contributed by atoms with van der Waals surface area (Å²) >= 11 is 0. The Bertz CT molecular complexity index is 938. The van der Waals surface area contributed by atoms with Crippen molar-refractivity contribution in [2.75, 3.05) is 5.43 Å². The Morgan fingerprint density at radius 2 is 1.64 bits per heavy atom. The minimum absolute atomic E-state index is 0.118. The van der Waals surface area contributed by atoms with Gasteiger partial charge in [0, 0.05) is 17.3 Å². The summed E-state index contributed by atoms with van der Waals surface area (Å²) in [7, 11) is 0. The van der Waals surface area contributed by atoms with Crippen LogP contribution in [0.1, 0.15) is 18.2 Å². The number of anilines is 1. The van der Waals surface area contributed by atoms with Crippen molar-refractivity contribution in [3.05, 3.63) is 65.9 Å². The SMILES string of the molecule is C/C(=N/Nc1cc(C)nc(-c2ccccc2O)n1)c1ccccc1O. The molecular weight excluding hydrogens is 316 g/mol. The number of aryl methyl sites for hydroxylation is 1. The lowest BCUT2D eigenvalue weighted by molar-refractivity contribution is 0.474. The molecule has 0 aliphatic rings. The summed E-state index contributed by atoms with van der Waals surface area (Å²) in [5.74, 6) is 1.20. The number of hydrogen-bond donors (Lipinski definition) is 3. The molecule has 0 unspecified atom stereocenters. The Morgan fingerprint density at radius 3 is 2.36 bits per heavy atom. The van der Waals surface area contributed by atoms with E-state index in [1.54, 1.807) is 49.4 Å². The van der Waals surface area contributed by atoms with Gasteiger partial charge in [-0.1, -0.05) is 24.3 Å². The molecule has 0 saturated carbocycles. The van der Waals surface area contributed by atoms with E-state index in [0.717, 1.165) is 5.69 Å². The summed E-state index contributed by atoms with van der Waals surface area (Å²) in [4.78, 5) is 8.77. The monoisotopic (exact) mass is 334 g/mol. The molecule has 0 aliphatic carbocycles. The average molecular weight is 334 g/mol. The van der Waals surface area contributed by atoms with Crippen LogP contribution < -0.4 is 5.43 Å². The highest BCUT2D eigenvalue weighted by atomic mass is 16.3. The van der Waals surface area contributed by atoms with E-state index in [4.69, 9.17) is 0 Å². The largest absolute Gasteiger partial charge is 0.507 e. The summed E-state index contributed by atoms with van der Waals surface area (Å²) in [5.41, 5.74) is 5.44. The minimum Gasteiger partial charge on any atom is -0.507 e. The summed E-state index contributed by atoms with van der Waals surface area (Å²) in [6.45, 7) is 3.63. The van der Waals surface area contributed by atoms with Gasteiger partial charge in [-0.3, -0.25) is 5.43 Å². The van der Waals surface area contributed by atoms with Crippen LogP contribution in [0.4, 0.5) is 5.82 Å². The molecule has 0 saturated heterocycles. The standard InChI is InChI=1S/C19H18N4O2/c1-12-11-18(21-19(20-12)15-8-4-6-10-17(15)25)23-22-13(2)14-7-3-5-9-16(14)24/h3-11,24-25H,1-2H3,(H,20,21,23)/b22-13-. The molecule has 1 heterocycles. The zero-order chi connectivity index (χ0) is 17.8. The molecule has 0 spiro atoms. The molecule has 0 fully saturated rings. The van der Waals surface area contributed by atoms with Gasteiger partial charge in [0.2, 0.25) is 0 Å². The number of nitrogens with zero attached hydrogens (tertiary/aromatic N) is 3. The lowest BCUT2D eigenvalue weighted by Crippen LogP contribution is -2.03. The fourth-order valence-corrected chi connectivity index (χ4v) is 2.39. The van der Waals surface area contributed by atoms with Crippen LogP contribution in [0.15, 0.2) is 59.7 Å². The summed E-state index contributed by atoms with van der Waals surface area (Å²) < 4.78 is 0. The van der Waals surface area contributed by atoms with Gasteiger partial charge in [0.05, 0.1) is 11.3 Å². The van der Waals surface area contributed by atoms with E-state index in [0.29, 0.717) is 28.5 Å². The third-order valence-electron chi connectivity index (χ3n) is 3.63. The zero-order valence-electron chi connectivity index (χ0n) is 13.9. The number of aromatic hydroxyl groups is 2. The van der Waals surface area contributed by atoms with Gasteiger partial charge in [-0.05, 0) is 38.1 Å². The number of para-hydroxylation sites is 2. The van der Waals surface area contributed by atoms with Crippen LogP contribution in [0.3, 0.4) is 0 Å². The maximum absolute atomic E-state index is 9.99. The highest BCUT2D eigenvalue weighted by Gasteiger charge is 2.09. The van der Waals surface area contributed by atoms with E-state index < -0.39 is 0 Å². The maximum atomic E-state index is 9.99. The number of phenols is 2. The Labute approximate surface area is 145 Å². The van der Waals surface area contributed by atoms with Crippen LogP contribution in [0.5, 0.6) is 11.5 Å². The Kier molecular flexibility index (Phi) is 4.61. The fourth-order valence-electron chi connectivity index (χ4n) is 2.39. The van der Waals surface area contributed by atoms with Crippen molar-refractivity contribution in [2.24, 2.45) is 5.10 Å². The smallest absolute Gasteiger partial charge is 0.165 e. The van der Waals surface area contributed by atoms with Crippen molar-refractivity contribution >= 4 is 11.5 Å². The minimum atomic E-state index is 0.118. The summed E-state index contributed by atoms with van der Waals surface area (Å²) in [6, 6.07) is 15.6. The van der Waals surface area contributed by atoms with Gasteiger partial charge in [-0.2, -0.15) is 5.10 Å². The van der Waals surface area contributed by atoms with Crippen LogP contribution in [-0.2, 0) is 0 Å². The van der Waals surface area contributed by atoms with Gasteiger partial charge in [-0.25, -0.2) is 9.97 Å². The van der Waals surface area contributed by atoms with Crippen molar-refractivity contribution in [3.8, 4) is 22.9 Å². The number of nitrogens with one attached hydrogen (secondary N) is 1. The molecule has 25 heavy (non-hydrogen) atoms. The van der Waals surface area contributed by atoms with Crippen LogP contribution >= 0.6 is 0 Å². The number of aromatic nitrogens is 2. The molecule has 0 radical (unpaired) electrons. The van der Waals surface area contributed by atoms with E-state index in [-0.39, 0.29) is 11.5 Å². The zero-order valence-corrected chi connectivity index (χ0v) is 13.9. The first-order valence-corrected chi connectivity index (χ1v) is 7.77. The molecule has 6 nitrogen and oxygen atoms in total. The molecule has 3 rings (SSSR count). The fraction of sp³-hybridized carbons (Fsp3) is 0.105. The predicted octanol–water partition coefficient (Wildman–Crippen LogP) is 3.70. The molecular formula is C19H18N4O2. The third-order valence-corrected chi connectivity index (χ3v) is 3.63. The topological polar surface area (TPSA) is 90.6 Å². The van der Waals surface area contributed by atoms with Crippen LogP contribution in [0.25, 0.3) is 11.4 Å². The number of hydrazone groups is 1. The quantitative estimate of drug-likeness (QED) is 0.500. The van der Waals surface area contributed by atoms with Crippen molar-refractivity contribution < 1.29 is 10.2 Å². The molecule has 0 amide bonds. The Balaban J connectivity index is 1.90. The molecule has 3 N–H and O–H groups in total. The second-order valence-electron chi connectivity index (χ2n) is 5.56. The third kappa shape index (κ3) is 3.74. The maximum Gasteiger partial charge on any atom is 0.165 e. The number of rotatable bonds is 4. The van der Waals surface area contributed by atoms with Gasteiger partial charge in [-0.15, -0.1) is 0 Å². The number of hydrogen-bond acceptors (Lipinski definition) is 6. The molecule has 1 aromatic heterocycles. The molecule has 0 atom stereocenters. The van der Waals surface area contributed by atoms with Gasteiger partial charge in [0.1, 0.15) is 11.5 Å². The van der Waals surface area contributed by atoms with Gasteiger partial charge >= 0.3 is 0 Å². The normalized spacial score (nSPS) is 11.4. The van der Waals surface area contributed by atoms with Crippen molar-refractivity contribution in [1.82, 2.24) is 9.97 Å². The van der Waals surface area contributed by atoms with E-state index in [1.807, 2.05) is 19.1 Å². The molecule has 0 bridgehead atoms. The van der Waals surface area contributed by atoms with E-state index >= 15 is 0 Å². The average Bonchev–Trinajstić information content (AvgIpc) is 2.60. The first-order valence-electron chi connectivity index (χ1n) is 7.77. The number of benzene rings is 2. The second-order valence-corrected chi connectivity index (χ2v) is 5.56. The predicted molar refractivity (Wildman–Crippen MR) is 97.8 cm³/mol. The van der Waals surface area contributed by atoms with E-state index in [2.05, 4.69) is 20.5 Å². The van der Waals surface area contributed by atoms with Gasteiger partial charge in [0.15, 0.2) is 11.6 Å².